The van der Waals surface area contributed by atoms with Crippen LogP contribution in [0.15, 0.2) is 46.9 Å². The summed E-state index contributed by atoms with van der Waals surface area (Å²) in [5, 5.41) is 12.8. The molecular formula is C51H72ClF3N11O16P. The quantitative estimate of drug-likeness (QED) is 0.00926. The molecule has 0 amide bonds. The van der Waals surface area contributed by atoms with Gasteiger partial charge in [-0.1, -0.05) is 5.21 Å². The number of carbonyl (C=O) groups is 1. The molecule has 3 fully saturated rings. The Bertz CT molecular complexity index is 2650. The van der Waals surface area contributed by atoms with E-state index in [1.54, 1.807) is 34.2 Å². The summed E-state index contributed by atoms with van der Waals surface area (Å²) < 4.78 is 121. The van der Waals surface area contributed by atoms with Gasteiger partial charge in [-0.15, -0.1) is 16.7 Å². The first kappa shape index (κ1) is 65.2. The Kier molecular flexibility index (Phi) is 27.2. The number of hydrogen-bond acceptors (Lipinski definition) is 22. The summed E-state index contributed by atoms with van der Waals surface area (Å²) in [7, 11) is -4.27. The predicted molar refractivity (Wildman–Crippen MR) is 290 cm³/mol. The summed E-state index contributed by atoms with van der Waals surface area (Å²) in [5.41, 5.74) is 1.37. The highest BCUT2D eigenvalue weighted by atomic mass is 35.5. The number of amidine groups is 1. The number of ether oxygens (including phenoxy) is 12. The lowest BCUT2D eigenvalue weighted by atomic mass is 9.73. The zero-order valence-electron chi connectivity index (χ0n) is 46.0. The van der Waals surface area contributed by atoms with Crippen LogP contribution in [0.4, 0.5) is 24.9 Å². The number of esters is 1. The van der Waals surface area contributed by atoms with Gasteiger partial charge in [0.15, 0.2) is 29.4 Å². The van der Waals surface area contributed by atoms with E-state index in [1.165, 1.54) is 0 Å². The maximum atomic E-state index is 13.6. The Morgan fingerprint density at radius 1 is 0.807 bits per heavy atom. The molecule has 32 heteroatoms. The van der Waals surface area contributed by atoms with Gasteiger partial charge < -0.3 is 76.4 Å². The number of halogens is 4. The van der Waals surface area contributed by atoms with E-state index in [9.17, 15) is 22.5 Å². The molecule has 2 unspecified atom stereocenters. The van der Waals surface area contributed by atoms with E-state index in [1.807, 2.05) is 0 Å². The van der Waals surface area contributed by atoms with Crippen LogP contribution in [0.2, 0.25) is 0 Å². The number of alkyl halides is 1. The van der Waals surface area contributed by atoms with Gasteiger partial charge in [-0.3, -0.25) is 14.4 Å². The number of hydrogen-bond donors (Lipinski definition) is 2. The fraction of sp³-hybridized carbons (Fsp3) is 0.647. The zero-order chi connectivity index (χ0) is 58.7. The number of benzene rings is 1. The number of aliphatic imine (C=N–C) groups is 2. The summed E-state index contributed by atoms with van der Waals surface area (Å²) in [6, 6.07) is 0.888. The third-order valence-electron chi connectivity index (χ3n) is 12.9. The van der Waals surface area contributed by atoms with E-state index in [2.05, 4.69) is 56.6 Å². The number of nitrogens with zero attached hydrogens (tertiary/aromatic N) is 11. The molecule has 0 saturated carbocycles. The highest BCUT2D eigenvalue weighted by Gasteiger charge is 2.48. The van der Waals surface area contributed by atoms with Crippen LogP contribution < -0.4 is 14.4 Å². The molecule has 3 saturated heterocycles. The number of piperidine rings is 1. The molecule has 0 aliphatic carbocycles. The summed E-state index contributed by atoms with van der Waals surface area (Å²) in [4.78, 5) is 52.5. The minimum Gasteiger partial charge on any atom is -0.488 e. The number of carbonyl (C=O) groups excluding carboxylic acids is 1. The van der Waals surface area contributed by atoms with Crippen LogP contribution in [0.1, 0.15) is 49.6 Å². The maximum Gasteiger partial charge on any atom is 0.350 e. The molecule has 6 heterocycles. The van der Waals surface area contributed by atoms with Crippen molar-refractivity contribution < 1.29 is 89.2 Å². The van der Waals surface area contributed by atoms with Gasteiger partial charge in [0.1, 0.15) is 36.3 Å². The van der Waals surface area contributed by atoms with Gasteiger partial charge in [-0.2, -0.15) is 5.10 Å². The van der Waals surface area contributed by atoms with Gasteiger partial charge in [0, 0.05) is 43.7 Å². The Morgan fingerprint density at radius 3 is 2.05 bits per heavy atom. The summed E-state index contributed by atoms with van der Waals surface area (Å²) >= 11 is 6.18. The minimum atomic E-state index is -4.27. The van der Waals surface area contributed by atoms with Crippen molar-refractivity contribution in [3.63, 3.8) is 0 Å². The van der Waals surface area contributed by atoms with E-state index < -0.39 is 49.3 Å². The monoisotopic (exact) mass is 1220 g/mol. The molecule has 0 bridgehead atoms. The Hall–Kier alpha value is -5.31. The molecule has 3 aromatic heterocycles. The third kappa shape index (κ3) is 21.9. The van der Waals surface area contributed by atoms with Crippen LogP contribution in [0.5, 0.6) is 11.5 Å². The van der Waals surface area contributed by atoms with Crippen LogP contribution in [-0.4, -0.2) is 225 Å². The third-order valence-corrected chi connectivity index (χ3v) is 13.5. The average molecular weight is 1220 g/mol. The van der Waals surface area contributed by atoms with Crippen LogP contribution >= 0.6 is 19.2 Å². The van der Waals surface area contributed by atoms with Crippen LogP contribution in [-0.2, 0) is 69.9 Å². The van der Waals surface area contributed by atoms with Crippen molar-refractivity contribution in [3.05, 3.63) is 65.6 Å². The van der Waals surface area contributed by atoms with Crippen molar-refractivity contribution in [3.8, 4) is 11.5 Å². The van der Waals surface area contributed by atoms with Crippen LogP contribution in [0, 0.1) is 22.9 Å². The Labute approximate surface area is 482 Å². The van der Waals surface area contributed by atoms with Crippen molar-refractivity contribution in [2.75, 3.05) is 156 Å². The summed E-state index contributed by atoms with van der Waals surface area (Å²) in [6.45, 7) is 13.0. The smallest absolute Gasteiger partial charge is 0.350 e. The van der Waals surface area contributed by atoms with Gasteiger partial charge in [-0.05, 0) is 32.4 Å². The van der Waals surface area contributed by atoms with Gasteiger partial charge >= 0.3 is 13.6 Å². The molecule has 3 aliphatic heterocycles. The zero-order valence-corrected chi connectivity index (χ0v) is 47.7. The lowest BCUT2D eigenvalue weighted by Crippen LogP contribution is -2.64. The standard InChI is InChI=1S/C51H72ClF3N11O16P/c1-56-48-42(29-60-66(48)45-4-3-40(81-45)32-79-37-83(68,69)70)49(59-36-52)64-34-51(35-64)6-2-7-63(33-51)50-57-27-41(28-58-50)80-24-23-77-20-19-75-17-18-76-21-22-78-31-39-30-65(62-61-39)8-10-72-12-14-74-16-15-73-13-11-71-9-5-46(67)82-47-43(54)25-38(53)26-44(47)55/h25-30,40,45H,1-24,31-37H2,(H2,68,69,70)/b59-49+. The second kappa shape index (κ2) is 34.6. The van der Waals surface area contributed by atoms with Crippen LogP contribution in [0.25, 0.3) is 0 Å². The molecule has 1 spiro atoms. The van der Waals surface area contributed by atoms with Crippen molar-refractivity contribution in [2.24, 2.45) is 15.4 Å². The number of anilines is 1. The summed E-state index contributed by atoms with van der Waals surface area (Å²) in [5.74, 6) is -3.26. The lowest BCUT2D eigenvalue weighted by molar-refractivity contribution is -0.136. The molecule has 2 N–H and O–H groups in total. The second-order valence-corrected chi connectivity index (χ2v) is 21.1. The van der Waals surface area contributed by atoms with Crippen molar-refractivity contribution in [1.82, 2.24) is 39.6 Å². The maximum absolute atomic E-state index is 13.6. The second-order valence-electron chi connectivity index (χ2n) is 19.2. The van der Waals surface area contributed by atoms with Crippen LogP contribution in [0.3, 0.4) is 0 Å². The fourth-order valence-electron chi connectivity index (χ4n) is 9.12. The summed E-state index contributed by atoms with van der Waals surface area (Å²) in [6.07, 6.45) is 8.36. The van der Waals surface area contributed by atoms with Gasteiger partial charge in [0.05, 0.1) is 162 Å². The molecule has 83 heavy (non-hydrogen) atoms. The number of aromatic nitrogens is 7. The van der Waals surface area contributed by atoms with E-state index in [0.29, 0.717) is 152 Å². The largest absolute Gasteiger partial charge is 0.488 e. The van der Waals surface area contributed by atoms with Gasteiger partial charge in [0.2, 0.25) is 11.7 Å². The lowest BCUT2D eigenvalue weighted by Gasteiger charge is -2.55. The molecule has 1 aromatic carbocycles. The molecule has 3 aliphatic rings. The van der Waals surface area contributed by atoms with E-state index >= 15 is 0 Å². The molecule has 7 rings (SSSR count). The molecule has 0 radical (unpaired) electrons. The van der Waals surface area contributed by atoms with Crippen molar-refractivity contribution in [2.45, 2.75) is 57.6 Å². The minimum absolute atomic E-state index is 0.00219. The van der Waals surface area contributed by atoms with E-state index in [-0.39, 0.29) is 57.0 Å². The number of rotatable bonds is 40. The first-order valence-electron chi connectivity index (χ1n) is 27.1. The fourth-order valence-corrected chi connectivity index (χ4v) is 9.58. The molecule has 27 nitrogen and oxygen atoms in total. The van der Waals surface area contributed by atoms with Crippen molar-refractivity contribution >= 4 is 49.5 Å². The van der Waals surface area contributed by atoms with E-state index in [0.717, 1.165) is 39.0 Å². The normalized spacial score (nSPS) is 17.2. The Morgan fingerprint density at radius 2 is 1.42 bits per heavy atom. The average Bonchev–Trinajstić information content (AvgIpc) is 4.46. The topological polar surface area (TPSA) is 291 Å². The SMILES string of the molecule is C=Nc1c(/C(=N\CCl)N2CC3(CCCN(c4ncc(OCCOCCOCCOCCOCc5cn(CCOCCOCCOCCOCCC(=O)Oc6c(F)cc(F)cc6F)nn5)cn4)C3)C2)cnn1C1CCC(COCP(=O)(O)O)O1. The first-order chi connectivity index (χ1) is 40.3. The predicted octanol–water partition coefficient (Wildman–Crippen LogP) is 4.10. The Balaban J connectivity index is 0.635. The molecule has 2 atom stereocenters. The molecular weight excluding hydrogens is 1150 g/mol. The van der Waals surface area contributed by atoms with Gasteiger partial charge in [-0.25, -0.2) is 37.5 Å². The first-order valence-corrected chi connectivity index (χ1v) is 29.4. The highest BCUT2D eigenvalue weighted by Crippen LogP contribution is 2.42. The molecule has 460 valence electrons. The highest BCUT2D eigenvalue weighted by molar-refractivity contribution is 7.51. The van der Waals surface area contributed by atoms with Crippen molar-refractivity contribution in [1.29, 1.82) is 0 Å². The van der Waals surface area contributed by atoms with E-state index in [4.69, 9.17) is 73.5 Å². The number of likely N-dealkylation sites (tertiary alicyclic amines) is 1. The van der Waals surface area contributed by atoms with Gasteiger partial charge in [0.25, 0.3) is 0 Å². The molecule has 4 aromatic rings.